The van der Waals surface area contributed by atoms with Crippen molar-refractivity contribution in [3.8, 4) is 11.8 Å². The second kappa shape index (κ2) is 10.5. The summed E-state index contributed by atoms with van der Waals surface area (Å²) < 4.78 is 36.5. The standard InChI is InChI=1S/C21H28F3NO3/c1-4-10-20(28,11-5-2)12-8-16-14-17(7-6-15(16)3)18(26)9-13-25-19(27)21(22,23)24/h6-7,14,18,26,28H,4-5,9-11,13H2,1-3H3,(H,25,27). The van der Waals surface area contributed by atoms with Gasteiger partial charge in [-0.1, -0.05) is 50.7 Å². The summed E-state index contributed by atoms with van der Waals surface area (Å²) in [4.78, 5) is 10.8. The molecule has 0 saturated heterocycles. The molecule has 1 amide bonds. The second-order valence-corrected chi connectivity index (χ2v) is 6.91. The largest absolute Gasteiger partial charge is 0.471 e. The Bertz CT molecular complexity index is 714. The first kappa shape index (κ1) is 24.0. The zero-order chi connectivity index (χ0) is 21.4. The fourth-order valence-corrected chi connectivity index (χ4v) is 2.83. The number of hydrogen-bond donors (Lipinski definition) is 3. The summed E-state index contributed by atoms with van der Waals surface area (Å²) in [6.07, 6.45) is -3.32. The van der Waals surface area contributed by atoms with Crippen molar-refractivity contribution in [2.45, 2.75) is 70.8 Å². The normalized spacial score (nSPS) is 12.9. The van der Waals surface area contributed by atoms with Gasteiger partial charge < -0.3 is 15.5 Å². The van der Waals surface area contributed by atoms with E-state index in [4.69, 9.17) is 0 Å². The van der Waals surface area contributed by atoms with Crippen LogP contribution in [0.15, 0.2) is 18.2 Å². The van der Waals surface area contributed by atoms with Crippen molar-refractivity contribution in [1.29, 1.82) is 0 Å². The average molecular weight is 399 g/mol. The lowest BCUT2D eigenvalue weighted by atomic mass is 9.92. The van der Waals surface area contributed by atoms with Gasteiger partial charge in [0.2, 0.25) is 0 Å². The molecule has 0 aliphatic rings. The SMILES string of the molecule is CCCC(O)(C#Cc1cc(C(O)CCNC(=O)C(F)(F)F)ccc1C)CCC. The summed E-state index contributed by atoms with van der Waals surface area (Å²) in [5, 5.41) is 22.6. The summed E-state index contributed by atoms with van der Waals surface area (Å²) in [5.74, 6) is 3.89. The smallest absolute Gasteiger partial charge is 0.388 e. The third-order valence-electron chi connectivity index (χ3n) is 4.36. The van der Waals surface area contributed by atoms with E-state index >= 15 is 0 Å². The summed E-state index contributed by atoms with van der Waals surface area (Å²) >= 11 is 0. The zero-order valence-electron chi connectivity index (χ0n) is 16.5. The number of halogens is 3. The molecule has 28 heavy (non-hydrogen) atoms. The highest BCUT2D eigenvalue weighted by atomic mass is 19.4. The lowest BCUT2D eigenvalue weighted by Crippen LogP contribution is -2.37. The van der Waals surface area contributed by atoms with Crippen LogP contribution in [-0.4, -0.2) is 34.4 Å². The van der Waals surface area contributed by atoms with Gasteiger partial charge in [0, 0.05) is 12.1 Å². The summed E-state index contributed by atoms with van der Waals surface area (Å²) in [5.41, 5.74) is 0.934. The minimum atomic E-state index is -4.94. The van der Waals surface area contributed by atoms with E-state index in [2.05, 4.69) is 11.8 Å². The zero-order valence-corrected chi connectivity index (χ0v) is 16.5. The Kier molecular flexibility index (Phi) is 8.99. The number of carbonyl (C=O) groups excluding carboxylic acids is 1. The quantitative estimate of drug-likeness (QED) is 0.583. The Labute approximate surface area is 164 Å². The number of benzene rings is 1. The molecule has 1 aromatic rings. The predicted octanol–water partition coefficient (Wildman–Crippen LogP) is 3.78. The Hall–Kier alpha value is -2.04. The number of aliphatic hydroxyl groups is 2. The molecule has 0 aromatic heterocycles. The van der Waals surface area contributed by atoms with Gasteiger partial charge in [0.15, 0.2) is 0 Å². The van der Waals surface area contributed by atoms with Crippen molar-refractivity contribution < 1.29 is 28.2 Å². The summed E-state index contributed by atoms with van der Waals surface area (Å²) in [7, 11) is 0. The van der Waals surface area contributed by atoms with Crippen LogP contribution in [0, 0.1) is 18.8 Å². The average Bonchev–Trinajstić information content (AvgIpc) is 2.60. The highest BCUT2D eigenvalue weighted by molar-refractivity contribution is 5.81. The van der Waals surface area contributed by atoms with Crippen LogP contribution in [0.1, 0.15) is 68.7 Å². The number of carbonyl (C=O) groups is 1. The van der Waals surface area contributed by atoms with Crippen LogP contribution in [0.3, 0.4) is 0 Å². The maximum absolute atomic E-state index is 12.2. The molecule has 3 N–H and O–H groups in total. The van der Waals surface area contributed by atoms with Crippen LogP contribution in [0.4, 0.5) is 13.2 Å². The molecule has 1 atom stereocenters. The second-order valence-electron chi connectivity index (χ2n) is 6.91. The van der Waals surface area contributed by atoms with Gasteiger partial charge in [-0.05, 0) is 43.4 Å². The van der Waals surface area contributed by atoms with Gasteiger partial charge in [-0.3, -0.25) is 4.79 Å². The van der Waals surface area contributed by atoms with Gasteiger partial charge in [-0.15, -0.1) is 0 Å². The maximum Gasteiger partial charge on any atom is 0.471 e. The molecule has 0 aliphatic heterocycles. The van der Waals surface area contributed by atoms with Crippen LogP contribution in [-0.2, 0) is 4.79 Å². The Morgan fingerprint density at radius 3 is 2.36 bits per heavy atom. The van der Waals surface area contributed by atoms with E-state index in [-0.39, 0.29) is 13.0 Å². The van der Waals surface area contributed by atoms with Gasteiger partial charge in [0.05, 0.1) is 6.10 Å². The minimum Gasteiger partial charge on any atom is -0.388 e. The number of aliphatic hydroxyl groups excluding tert-OH is 1. The van der Waals surface area contributed by atoms with Crippen LogP contribution in [0.5, 0.6) is 0 Å². The van der Waals surface area contributed by atoms with E-state index in [1.165, 1.54) is 0 Å². The first-order chi connectivity index (χ1) is 13.0. The molecule has 1 unspecified atom stereocenters. The minimum absolute atomic E-state index is 0.0621. The van der Waals surface area contributed by atoms with Crippen molar-refractivity contribution in [3.63, 3.8) is 0 Å². The fourth-order valence-electron chi connectivity index (χ4n) is 2.83. The van der Waals surface area contributed by atoms with Crippen LogP contribution in [0.2, 0.25) is 0 Å². The molecule has 0 fully saturated rings. The number of aryl methyl sites for hydroxylation is 1. The topological polar surface area (TPSA) is 69.6 Å². The highest BCUT2D eigenvalue weighted by Crippen LogP contribution is 2.22. The number of amides is 1. The molecule has 0 heterocycles. The van der Waals surface area contributed by atoms with Gasteiger partial charge >= 0.3 is 12.1 Å². The predicted molar refractivity (Wildman–Crippen MR) is 101 cm³/mol. The van der Waals surface area contributed by atoms with Crippen molar-refractivity contribution in [2.24, 2.45) is 0 Å². The third kappa shape index (κ3) is 7.53. The molecule has 1 aromatic carbocycles. The van der Waals surface area contributed by atoms with Gasteiger partial charge in [-0.2, -0.15) is 13.2 Å². The Morgan fingerprint density at radius 1 is 1.21 bits per heavy atom. The van der Waals surface area contributed by atoms with Crippen LogP contribution >= 0.6 is 0 Å². The van der Waals surface area contributed by atoms with Gasteiger partial charge in [0.1, 0.15) is 5.60 Å². The molecule has 0 saturated carbocycles. The first-order valence-corrected chi connectivity index (χ1v) is 9.41. The first-order valence-electron chi connectivity index (χ1n) is 9.41. The van der Waals surface area contributed by atoms with Gasteiger partial charge in [0.25, 0.3) is 0 Å². The van der Waals surface area contributed by atoms with E-state index in [1.807, 2.05) is 20.8 Å². The van der Waals surface area contributed by atoms with Crippen molar-refractivity contribution >= 4 is 5.91 Å². The number of nitrogens with one attached hydrogen (secondary N) is 1. The number of alkyl halides is 3. The van der Waals surface area contributed by atoms with Crippen molar-refractivity contribution in [1.82, 2.24) is 5.32 Å². The number of hydrogen-bond acceptors (Lipinski definition) is 3. The molecule has 0 spiro atoms. The monoisotopic (exact) mass is 399 g/mol. The molecular weight excluding hydrogens is 371 g/mol. The summed E-state index contributed by atoms with van der Waals surface area (Å²) in [6.45, 7) is 5.49. The molecular formula is C21H28F3NO3. The lowest BCUT2D eigenvalue weighted by Gasteiger charge is -2.20. The maximum atomic E-state index is 12.2. The van der Waals surface area contributed by atoms with Crippen LogP contribution in [0.25, 0.3) is 0 Å². The summed E-state index contributed by atoms with van der Waals surface area (Å²) in [6, 6.07) is 5.09. The van der Waals surface area contributed by atoms with Crippen LogP contribution < -0.4 is 5.32 Å². The molecule has 0 aliphatic carbocycles. The third-order valence-corrected chi connectivity index (χ3v) is 4.36. The van der Waals surface area contributed by atoms with E-state index < -0.39 is 23.8 Å². The van der Waals surface area contributed by atoms with E-state index in [0.717, 1.165) is 18.4 Å². The fraction of sp³-hybridized carbons (Fsp3) is 0.571. The number of rotatable bonds is 8. The molecule has 7 heteroatoms. The molecule has 0 radical (unpaired) electrons. The molecule has 4 nitrogen and oxygen atoms in total. The Morgan fingerprint density at radius 2 is 1.82 bits per heavy atom. The highest BCUT2D eigenvalue weighted by Gasteiger charge is 2.38. The Balaban J connectivity index is 2.88. The van der Waals surface area contributed by atoms with E-state index in [9.17, 15) is 28.2 Å². The lowest BCUT2D eigenvalue weighted by molar-refractivity contribution is -0.173. The van der Waals surface area contributed by atoms with E-state index in [0.29, 0.717) is 24.0 Å². The molecule has 1 rings (SSSR count). The van der Waals surface area contributed by atoms with Crippen molar-refractivity contribution in [2.75, 3.05) is 6.54 Å². The van der Waals surface area contributed by atoms with E-state index in [1.54, 1.807) is 23.5 Å². The van der Waals surface area contributed by atoms with Gasteiger partial charge in [-0.25, -0.2) is 0 Å². The molecule has 156 valence electrons. The molecule has 0 bridgehead atoms. The van der Waals surface area contributed by atoms with Crippen molar-refractivity contribution in [3.05, 3.63) is 34.9 Å².